The highest BCUT2D eigenvalue weighted by Gasteiger charge is 2.47. The zero-order chi connectivity index (χ0) is 17.9. The number of hydrogen-bond donors (Lipinski definition) is 1. The predicted octanol–water partition coefficient (Wildman–Crippen LogP) is 4.62. The van der Waals surface area contributed by atoms with E-state index in [1.54, 1.807) is 13.8 Å². The van der Waals surface area contributed by atoms with Gasteiger partial charge in [0.1, 0.15) is 17.9 Å². The molecule has 0 amide bonds. The third-order valence-corrected chi connectivity index (χ3v) is 4.09. The lowest BCUT2D eigenvalue weighted by molar-refractivity contribution is -0.192. The molecule has 8 heteroatoms. The molecule has 0 aliphatic rings. The number of hydrogen-bond acceptors (Lipinski definition) is 2. The summed E-state index contributed by atoms with van der Waals surface area (Å²) in [5.74, 6) is -2.27. The zero-order valence-corrected chi connectivity index (χ0v) is 14.4. The van der Waals surface area contributed by atoms with Crippen LogP contribution in [-0.4, -0.2) is 35.2 Å². The van der Waals surface area contributed by atoms with Crippen LogP contribution in [0.25, 0.3) is 0 Å². The van der Waals surface area contributed by atoms with Gasteiger partial charge in [0.15, 0.2) is 0 Å². The van der Waals surface area contributed by atoms with Gasteiger partial charge in [-0.05, 0) is 53.0 Å². The van der Waals surface area contributed by atoms with Gasteiger partial charge in [0, 0.05) is 0 Å². The first kappa shape index (κ1) is 19.9. The molecule has 0 fully saturated rings. The fraction of sp³-hybridized carbons (Fsp3) is 0.533. The van der Waals surface area contributed by atoms with Gasteiger partial charge in [0.05, 0.1) is 4.47 Å². The summed E-state index contributed by atoms with van der Waals surface area (Å²) in [5, 5.41) is 9.26. The van der Waals surface area contributed by atoms with Gasteiger partial charge >= 0.3 is 12.1 Å². The van der Waals surface area contributed by atoms with Crippen LogP contribution in [0, 0.1) is 11.7 Å². The molecule has 1 rings (SSSR count). The monoisotopic (exact) mass is 399 g/mol. The molecule has 0 saturated carbocycles. The van der Waals surface area contributed by atoms with E-state index in [0.29, 0.717) is 0 Å². The first-order valence-corrected chi connectivity index (χ1v) is 7.70. The summed E-state index contributed by atoms with van der Waals surface area (Å²) in [6.45, 7) is 3.46. The second-order valence-electron chi connectivity index (χ2n) is 5.77. The van der Waals surface area contributed by atoms with Gasteiger partial charge in [0.25, 0.3) is 0 Å². The van der Waals surface area contributed by atoms with Gasteiger partial charge in [-0.25, -0.2) is 4.39 Å². The van der Waals surface area contributed by atoms with Crippen LogP contribution in [0.1, 0.15) is 31.9 Å². The van der Waals surface area contributed by atoms with E-state index in [1.165, 1.54) is 6.07 Å². The highest BCUT2D eigenvalue weighted by molar-refractivity contribution is 9.10. The predicted molar refractivity (Wildman–Crippen MR) is 81.5 cm³/mol. The van der Waals surface area contributed by atoms with Crippen molar-refractivity contribution < 1.29 is 27.5 Å². The summed E-state index contributed by atoms with van der Waals surface area (Å²) in [6, 6.07) is -0.447. The van der Waals surface area contributed by atoms with Gasteiger partial charge in [0.2, 0.25) is 0 Å². The molecule has 0 bridgehead atoms. The summed E-state index contributed by atoms with van der Waals surface area (Å²) < 4.78 is 54.1. The Morgan fingerprint density at radius 3 is 2.30 bits per heavy atom. The summed E-state index contributed by atoms with van der Waals surface area (Å²) in [7, 11) is 1.10. The normalized spacial score (nSPS) is 15.0. The molecule has 0 aliphatic heterocycles. The number of carbonyl (C=O) groups is 1. The lowest BCUT2D eigenvalue weighted by Crippen LogP contribution is -2.46. The first-order valence-electron chi connectivity index (χ1n) is 6.91. The standard InChI is InChI=1S/C15H18BrF4NO2/c1-8(2)6-12(14(22)23)21(3)13(15(18,19)20)9-4-5-10(16)11(17)7-9/h4-5,7-8,12-13H,6H2,1-3H3,(H,22,23)/t12-,13?/m0/s1. The Labute approximate surface area is 140 Å². The van der Waals surface area contributed by atoms with Gasteiger partial charge < -0.3 is 5.11 Å². The third-order valence-electron chi connectivity index (χ3n) is 3.45. The quantitative estimate of drug-likeness (QED) is 0.709. The molecule has 0 aromatic heterocycles. The first-order chi connectivity index (χ1) is 10.4. The molecule has 1 unspecified atom stereocenters. The Hall–Kier alpha value is -1.15. The smallest absolute Gasteiger partial charge is 0.408 e. The minimum absolute atomic E-state index is 0.0433. The Morgan fingerprint density at radius 1 is 1.35 bits per heavy atom. The number of alkyl halides is 3. The Morgan fingerprint density at radius 2 is 1.91 bits per heavy atom. The minimum Gasteiger partial charge on any atom is -0.480 e. The number of nitrogens with zero attached hydrogens (tertiary/aromatic N) is 1. The maximum Gasteiger partial charge on any atom is 0.408 e. The van der Waals surface area contributed by atoms with Crippen molar-refractivity contribution in [1.82, 2.24) is 4.90 Å². The van der Waals surface area contributed by atoms with Crippen molar-refractivity contribution >= 4 is 21.9 Å². The molecule has 0 aliphatic carbocycles. The number of benzene rings is 1. The summed E-state index contributed by atoms with van der Waals surface area (Å²) in [6.07, 6.45) is -4.68. The molecule has 130 valence electrons. The van der Waals surface area contributed by atoms with E-state index in [2.05, 4.69) is 15.9 Å². The number of halogens is 5. The van der Waals surface area contributed by atoms with Crippen molar-refractivity contribution in [3.05, 3.63) is 34.1 Å². The van der Waals surface area contributed by atoms with Crippen molar-refractivity contribution in [1.29, 1.82) is 0 Å². The molecular weight excluding hydrogens is 382 g/mol. The SMILES string of the molecule is CC(C)C[C@@H](C(=O)O)N(C)C(c1ccc(Br)c(F)c1)C(F)(F)F. The van der Waals surface area contributed by atoms with E-state index >= 15 is 0 Å². The fourth-order valence-electron chi connectivity index (χ4n) is 2.41. The molecule has 1 aromatic rings. The molecule has 0 saturated heterocycles. The van der Waals surface area contributed by atoms with E-state index in [0.717, 1.165) is 24.1 Å². The lowest BCUT2D eigenvalue weighted by Gasteiger charge is -2.35. The van der Waals surface area contributed by atoms with Crippen LogP contribution in [0.15, 0.2) is 22.7 Å². The second kappa shape index (κ2) is 7.61. The Balaban J connectivity index is 3.29. The Kier molecular flexibility index (Phi) is 6.59. The Bertz CT molecular complexity index is 563. The van der Waals surface area contributed by atoms with E-state index in [9.17, 15) is 27.5 Å². The molecule has 3 nitrogen and oxygen atoms in total. The second-order valence-corrected chi connectivity index (χ2v) is 6.62. The maximum absolute atomic E-state index is 13.6. The molecule has 23 heavy (non-hydrogen) atoms. The topological polar surface area (TPSA) is 40.5 Å². The number of carboxylic acid groups (broad SMARTS) is 1. The molecule has 0 radical (unpaired) electrons. The number of rotatable bonds is 6. The van der Waals surface area contributed by atoms with E-state index in [4.69, 9.17) is 0 Å². The average molecular weight is 400 g/mol. The van der Waals surface area contributed by atoms with Crippen LogP contribution in [0.3, 0.4) is 0 Å². The van der Waals surface area contributed by atoms with Crippen LogP contribution in [-0.2, 0) is 4.79 Å². The minimum atomic E-state index is -4.74. The molecular formula is C15H18BrF4NO2. The van der Waals surface area contributed by atoms with Crippen LogP contribution in [0.4, 0.5) is 17.6 Å². The molecule has 1 N–H and O–H groups in total. The molecule has 0 heterocycles. The summed E-state index contributed by atoms with van der Waals surface area (Å²) >= 11 is 2.89. The maximum atomic E-state index is 13.6. The van der Waals surface area contributed by atoms with E-state index < -0.39 is 30.0 Å². The number of likely N-dealkylation sites (N-methyl/N-ethyl adjacent to an activating group) is 1. The van der Waals surface area contributed by atoms with E-state index in [-0.39, 0.29) is 22.4 Å². The van der Waals surface area contributed by atoms with Crippen LogP contribution >= 0.6 is 15.9 Å². The van der Waals surface area contributed by atoms with Gasteiger partial charge in [-0.3, -0.25) is 9.69 Å². The molecule has 2 atom stereocenters. The fourth-order valence-corrected chi connectivity index (χ4v) is 2.65. The third kappa shape index (κ3) is 5.17. The number of carboxylic acids is 1. The van der Waals surface area contributed by atoms with Crippen molar-refractivity contribution in [2.75, 3.05) is 7.05 Å². The highest BCUT2D eigenvalue weighted by Crippen LogP contribution is 2.39. The molecule has 0 spiro atoms. The number of aliphatic carboxylic acids is 1. The zero-order valence-electron chi connectivity index (χ0n) is 12.9. The molecule has 1 aromatic carbocycles. The van der Waals surface area contributed by atoms with Crippen molar-refractivity contribution in [2.24, 2.45) is 5.92 Å². The summed E-state index contributed by atoms with van der Waals surface area (Å²) in [4.78, 5) is 12.1. The van der Waals surface area contributed by atoms with Crippen molar-refractivity contribution in [3.63, 3.8) is 0 Å². The highest BCUT2D eigenvalue weighted by atomic mass is 79.9. The van der Waals surface area contributed by atoms with Crippen molar-refractivity contribution in [2.45, 2.75) is 38.5 Å². The van der Waals surface area contributed by atoms with Gasteiger partial charge in [-0.1, -0.05) is 19.9 Å². The average Bonchev–Trinajstić information content (AvgIpc) is 2.38. The van der Waals surface area contributed by atoms with Gasteiger partial charge in [-0.2, -0.15) is 13.2 Å². The van der Waals surface area contributed by atoms with Crippen LogP contribution < -0.4 is 0 Å². The van der Waals surface area contributed by atoms with Crippen molar-refractivity contribution in [3.8, 4) is 0 Å². The van der Waals surface area contributed by atoms with E-state index in [1.807, 2.05) is 0 Å². The van der Waals surface area contributed by atoms with Crippen LogP contribution in [0.2, 0.25) is 0 Å². The largest absolute Gasteiger partial charge is 0.480 e. The summed E-state index contributed by atoms with van der Waals surface area (Å²) in [5.41, 5.74) is -0.337. The van der Waals surface area contributed by atoms with Gasteiger partial charge in [-0.15, -0.1) is 0 Å². The van der Waals surface area contributed by atoms with Crippen LogP contribution in [0.5, 0.6) is 0 Å². The lowest BCUT2D eigenvalue weighted by atomic mass is 9.98.